The van der Waals surface area contributed by atoms with Gasteiger partial charge >= 0.3 is 6.18 Å². The molecule has 1 unspecified atom stereocenters. The third-order valence-corrected chi connectivity index (χ3v) is 3.37. The molecule has 0 spiro atoms. The molecular weight excluding hydrogens is 271 g/mol. The van der Waals surface area contributed by atoms with Gasteiger partial charge < -0.3 is 10.3 Å². The summed E-state index contributed by atoms with van der Waals surface area (Å²) in [6.45, 7) is 0.679. The summed E-state index contributed by atoms with van der Waals surface area (Å²) in [6, 6.07) is 7.07. The maximum Gasteiger partial charge on any atom is 0.413 e. The van der Waals surface area contributed by atoms with Crippen LogP contribution in [0.25, 0.3) is 11.0 Å². The topological polar surface area (TPSA) is 60.9 Å². The maximum atomic E-state index is 12.7. The highest BCUT2D eigenvalue weighted by molar-refractivity contribution is 5.90. The highest BCUT2D eigenvalue weighted by Gasteiger charge is 2.53. The molecule has 0 radical (unpaired) electrons. The van der Waals surface area contributed by atoms with Gasteiger partial charge in [0.05, 0.1) is 17.5 Å². The van der Waals surface area contributed by atoms with E-state index < -0.39 is 23.9 Å². The van der Waals surface area contributed by atoms with Gasteiger partial charge in [-0.3, -0.25) is 4.79 Å². The quantitative estimate of drug-likeness (QED) is 0.937. The number of alkyl halides is 3. The van der Waals surface area contributed by atoms with Crippen LogP contribution in [-0.4, -0.2) is 27.0 Å². The normalized spacial score (nSPS) is 15.3. The number of carbonyl (C=O) groups excluding carboxylic acids is 1. The van der Waals surface area contributed by atoms with E-state index >= 15 is 0 Å². The Morgan fingerprint density at radius 3 is 2.50 bits per heavy atom. The number of halogens is 3. The lowest BCUT2D eigenvalue weighted by Gasteiger charge is -2.25. The van der Waals surface area contributed by atoms with Gasteiger partial charge in [0.25, 0.3) is 0 Å². The van der Waals surface area contributed by atoms with E-state index in [2.05, 4.69) is 4.98 Å². The molecule has 108 valence electrons. The smallest absolute Gasteiger partial charge is 0.331 e. The van der Waals surface area contributed by atoms with Crippen molar-refractivity contribution in [2.24, 2.45) is 12.8 Å². The first kappa shape index (κ1) is 14.5. The van der Waals surface area contributed by atoms with E-state index in [-0.39, 0.29) is 5.82 Å². The number of nitrogens with two attached hydrogens (primary N) is 1. The number of imidazole rings is 1. The summed E-state index contributed by atoms with van der Waals surface area (Å²) in [5, 5.41) is 0. The lowest BCUT2D eigenvalue weighted by Crippen LogP contribution is -2.57. The number of aryl methyl sites for hydroxylation is 1. The van der Waals surface area contributed by atoms with Gasteiger partial charge in [-0.1, -0.05) is 12.1 Å². The predicted molar refractivity (Wildman–Crippen MR) is 68.1 cm³/mol. The van der Waals surface area contributed by atoms with Gasteiger partial charge in [0.1, 0.15) is 5.82 Å². The van der Waals surface area contributed by atoms with Crippen LogP contribution >= 0.6 is 0 Å². The molecule has 2 N–H and O–H groups in total. The summed E-state index contributed by atoms with van der Waals surface area (Å²) >= 11 is 0. The van der Waals surface area contributed by atoms with Crippen molar-refractivity contribution in [1.82, 2.24) is 9.55 Å². The Morgan fingerprint density at radius 1 is 1.35 bits per heavy atom. The van der Waals surface area contributed by atoms with E-state index in [1.807, 2.05) is 0 Å². The molecule has 0 aliphatic heterocycles. The van der Waals surface area contributed by atoms with Crippen LogP contribution in [0.5, 0.6) is 0 Å². The standard InChI is InChI=1S/C13H14F3N3O/c1-12(17,13(14,15)16)10(20)7-11-18-8-5-3-4-6-9(8)19(11)2/h3-6H,7,17H2,1-2H3. The van der Waals surface area contributed by atoms with Crippen LogP contribution < -0.4 is 5.73 Å². The molecule has 1 aromatic carbocycles. The largest absolute Gasteiger partial charge is 0.413 e. The highest BCUT2D eigenvalue weighted by Crippen LogP contribution is 2.29. The van der Waals surface area contributed by atoms with Crippen molar-refractivity contribution in [2.75, 3.05) is 0 Å². The molecule has 0 saturated heterocycles. The SMILES string of the molecule is Cn1c(CC(=O)C(C)(N)C(F)(F)F)nc2ccccc21. The van der Waals surface area contributed by atoms with Gasteiger partial charge in [-0.05, 0) is 19.1 Å². The van der Waals surface area contributed by atoms with Crippen LogP contribution in [0.3, 0.4) is 0 Å². The number of hydrogen-bond acceptors (Lipinski definition) is 3. The molecule has 4 nitrogen and oxygen atoms in total. The Kier molecular flexibility index (Phi) is 3.33. The molecule has 0 aliphatic carbocycles. The molecule has 2 aromatic rings. The summed E-state index contributed by atoms with van der Waals surface area (Å²) in [5.41, 5.74) is 3.63. The first-order valence-corrected chi connectivity index (χ1v) is 5.94. The lowest BCUT2D eigenvalue weighted by atomic mass is 9.94. The third-order valence-electron chi connectivity index (χ3n) is 3.37. The molecule has 20 heavy (non-hydrogen) atoms. The number of Topliss-reactive ketones (excluding diaryl/α,β-unsaturated/α-hetero) is 1. The Hall–Kier alpha value is -1.89. The number of para-hydroxylation sites is 2. The monoisotopic (exact) mass is 285 g/mol. The minimum absolute atomic E-state index is 0.261. The van der Waals surface area contributed by atoms with Crippen LogP contribution in [-0.2, 0) is 18.3 Å². The fraction of sp³-hybridized carbons (Fsp3) is 0.385. The van der Waals surface area contributed by atoms with Crippen molar-refractivity contribution in [2.45, 2.75) is 25.1 Å². The number of fused-ring (bicyclic) bond motifs is 1. The molecule has 0 fully saturated rings. The minimum atomic E-state index is -4.78. The summed E-state index contributed by atoms with van der Waals surface area (Å²) in [4.78, 5) is 16.0. The van der Waals surface area contributed by atoms with E-state index in [1.54, 1.807) is 35.9 Å². The zero-order valence-corrected chi connectivity index (χ0v) is 11.0. The average molecular weight is 285 g/mol. The number of ketones is 1. The first-order valence-electron chi connectivity index (χ1n) is 5.94. The molecular formula is C13H14F3N3O. The second kappa shape index (κ2) is 4.59. The summed E-state index contributed by atoms with van der Waals surface area (Å²) in [5.74, 6) is -0.847. The number of aromatic nitrogens is 2. The summed E-state index contributed by atoms with van der Waals surface area (Å²) in [6.07, 6.45) is -5.24. The number of hydrogen-bond donors (Lipinski definition) is 1. The van der Waals surface area contributed by atoms with Crippen molar-refractivity contribution in [1.29, 1.82) is 0 Å². The molecule has 0 aliphatic rings. The van der Waals surface area contributed by atoms with Gasteiger partial charge in [0.2, 0.25) is 0 Å². The fourth-order valence-corrected chi connectivity index (χ4v) is 1.84. The molecule has 0 saturated carbocycles. The third kappa shape index (κ3) is 2.29. The van der Waals surface area contributed by atoms with Gasteiger partial charge in [0.15, 0.2) is 11.3 Å². The molecule has 1 aromatic heterocycles. The Balaban J connectivity index is 2.33. The van der Waals surface area contributed by atoms with Crippen LogP contribution in [0.2, 0.25) is 0 Å². The van der Waals surface area contributed by atoms with Crippen molar-refractivity contribution >= 4 is 16.8 Å². The van der Waals surface area contributed by atoms with Crippen LogP contribution in [0, 0.1) is 0 Å². The first-order chi connectivity index (χ1) is 9.14. The second-order valence-corrected chi connectivity index (χ2v) is 4.88. The molecule has 0 bridgehead atoms. The Bertz CT molecular complexity index is 658. The number of benzene rings is 1. The zero-order chi connectivity index (χ0) is 15.1. The average Bonchev–Trinajstić information content (AvgIpc) is 2.65. The van der Waals surface area contributed by atoms with Gasteiger partial charge in [0, 0.05) is 7.05 Å². The molecule has 7 heteroatoms. The van der Waals surface area contributed by atoms with Crippen molar-refractivity contribution < 1.29 is 18.0 Å². The molecule has 2 rings (SSSR count). The van der Waals surface area contributed by atoms with E-state index in [9.17, 15) is 18.0 Å². The molecule has 0 amide bonds. The fourth-order valence-electron chi connectivity index (χ4n) is 1.84. The lowest BCUT2D eigenvalue weighted by molar-refractivity contribution is -0.185. The zero-order valence-electron chi connectivity index (χ0n) is 11.0. The van der Waals surface area contributed by atoms with E-state index in [0.717, 1.165) is 5.52 Å². The van der Waals surface area contributed by atoms with Gasteiger partial charge in [-0.2, -0.15) is 13.2 Å². The molecule has 1 atom stereocenters. The van der Waals surface area contributed by atoms with Gasteiger partial charge in [-0.25, -0.2) is 4.98 Å². The van der Waals surface area contributed by atoms with E-state index in [1.165, 1.54) is 0 Å². The Morgan fingerprint density at radius 2 is 1.95 bits per heavy atom. The number of rotatable bonds is 3. The Labute approximate surface area is 113 Å². The number of carbonyl (C=O) groups is 1. The summed E-state index contributed by atoms with van der Waals surface area (Å²) in [7, 11) is 1.65. The van der Waals surface area contributed by atoms with Crippen LogP contribution in [0.4, 0.5) is 13.2 Å². The van der Waals surface area contributed by atoms with Crippen molar-refractivity contribution in [3.05, 3.63) is 30.1 Å². The second-order valence-electron chi connectivity index (χ2n) is 4.88. The van der Waals surface area contributed by atoms with E-state index in [4.69, 9.17) is 5.73 Å². The highest BCUT2D eigenvalue weighted by atomic mass is 19.4. The van der Waals surface area contributed by atoms with Crippen molar-refractivity contribution in [3.8, 4) is 0 Å². The van der Waals surface area contributed by atoms with Gasteiger partial charge in [-0.15, -0.1) is 0 Å². The number of nitrogens with zero attached hydrogens (tertiary/aromatic N) is 2. The molecule has 1 heterocycles. The predicted octanol–water partition coefficient (Wildman–Crippen LogP) is 1.96. The van der Waals surface area contributed by atoms with Crippen LogP contribution in [0.15, 0.2) is 24.3 Å². The maximum absolute atomic E-state index is 12.7. The summed E-state index contributed by atoms with van der Waals surface area (Å²) < 4.78 is 39.8. The van der Waals surface area contributed by atoms with E-state index in [0.29, 0.717) is 12.4 Å². The minimum Gasteiger partial charge on any atom is -0.331 e. The van der Waals surface area contributed by atoms with Crippen LogP contribution in [0.1, 0.15) is 12.7 Å². The van der Waals surface area contributed by atoms with Crippen molar-refractivity contribution in [3.63, 3.8) is 0 Å².